The number of nitrogens with one attached hydrogen (secondary N) is 1. The summed E-state index contributed by atoms with van der Waals surface area (Å²) in [7, 11) is 0. The quantitative estimate of drug-likeness (QED) is 0.832. The summed E-state index contributed by atoms with van der Waals surface area (Å²) in [5.74, 6) is 0. The molecule has 4 fully saturated rings. The summed E-state index contributed by atoms with van der Waals surface area (Å²) in [6, 6.07) is 2.25. The van der Waals surface area contributed by atoms with Gasteiger partial charge in [0.2, 0.25) is 0 Å². The Morgan fingerprint density at radius 2 is 2.10 bits per heavy atom. The summed E-state index contributed by atoms with van der Waals surface area (Å²) >= 11 is 0. The molecule has 0 aromatic rings. The Balaban J connectivity index is 1.45. The molecule has 4 unspecified atom stereocenters. The van der Waals surface area contributed by atoms with E-state index in [0.29, 0.717) is 0 Å². The highest BCUT2D eigenvalue weighted by Crippen LogP contribution is 2.38. The Labute approximate surface area is 122 Å². The molecule has 0 bridgehead atoms. The van der Waals surface area contributed by atoms with E-state index in [4.69, 9.17) is 9.47 Å². The standard InChI is InChI=1S/C16H28N2O2/c1-3-14(17-7-1)15-4-2-8-18(15)13-5-9-20-16(11-13)6-10-19-12-16/h13-15,17H,1-12H2. The third-order valence-corrected chi connectivity index (χ3v) is 5.91. The first kappa shape index (κ1) is 13.5. The van der Waals surface area contributed by atoms with Gasteiger partial charge in [0.05, 0.1) is 12.2 Å². The van der Waals surface area contributed by atoms with Crippen molar-refractivity contribution in [2.24, 2.45) is 0 Å². The second-order valence-electron chi connectivity index (χ2n) is 7.13. The lowest BCUT2D eigenvalue weighted by atomic mass is 9.88. The van der Waals surface area contributed by atoms with Gasteiger partial charge in [-0.05, 0) is 51.6 Å². The van der Waals surface area contributed by atoms with Gasteiger partial charge < -0.3 is 14.8 Å². The van der Waals surface area contributed by atoms with Crippen molar-refractivity contribution in [1.82, 2.24) is 10.2 Å². The third kappa shape index (κ3) is 2.41. The number of likely N-dealkylation sites (tertiary alicyclic amines) is 1. The van der Waals surface area contributed by atoms with Crippen molar-refractivity contribution in [2.45, 2.75) is 68.7 Å². The first-order chi connectivity index (χ1) is 9.86. The Morgan fingerprint density at radius 3 is 2.90 bits per heavy atom. The molecule has 0 saturated carbocycles. The monoisotopic (exact) mass is 280 g/mol. The molecule has 0 radical (unpaired) electrons. The average Bonchev–Trinajstić information content (AvgIpc) is 3.20. The highest BCUT2D eigenvalue weighted by atomic mass is 16.6. The van der Waals surface area contributed by atoms with Crippen LogP contribution in [0.3, 0.4) is 0 Å². The number of hydrogen-bond acceptors (Lipinski definition) is 4. The number of hydrogen-bond donors (Lipinski definition) is 1. The minimum absolute atomic E-state index is 0.0547. The van der Waals surface area contributed by atoms with Gasteiger partial charge in [0, 0.05) is 37.8 Å². The first-order valence-electron chi connectivity index (χ1n) is 8.57. The lowest BCUT2D eigenvalue weighted by molar-refractivity contribution is -0.108. The lowest BCUT2D eigenvalue weighted by Crippen LogP contribution is -2.54. The van der Waals surface area contributed by atoms with E-state index in [1.54, 1.807) is 0 Å². The highest BCUT2D eigenvalue weighted by Gasteiger charge is 2.45. The maximum atomic E-state index is 6.11. The molecule has 4 rings (SSSR count). The van der Waals surface area contributed by atoms with Gasteiger partial charge in [-0.2, -0.15) is 0 Å². The van der Waals surface area contributed by atoms with Crippen LogP contribution in [0.5, 0.6) is 0 Å². The van der Waals surface area contributed by atoms with Crippen molar-refractivity contribution < 1.29 is 9.47 Å². The largest absolute Gasteiger partial charge is 0.378 e. The third-order valence-electron chi connectivity index (χ3n) is 5.91. The van der Waals surface area contributed by atoms with Crippen molar-refractivity contribution in [2.75, 3.05) is 32.9 Å². The van der Waals surface area contributed by atoms with E-state index in [0.717, 1.165) is 44.4 Å². The molecule has 0 aliphatic carbocycles. The molecule has 114 valence electrons. The van der Waals surface area contributed by atoms with E-state index in [2.05, 4.69) is 10.2 Å². The van der Waals surface area contributed by atoms with Gasteiger partial charge in [0.1, 0.15) is 0 Å². The zero-order valence-electron chi connectivity index (χ0n) is 12.5. The number of rotatable bonds is 2. The molecule has 4 heteroatoms. The molecule has 4 aliphatic heterocycles. The molecule has 0 amide bonds. The summed E-state index contributed by atoms with van der Waals surface area (Å²) in [4.78, 5) is 2.82. The molecule has 0 aromatic carbocycles. The van der Waals surface area contributed by atoms with Crippen molar-refractivity contribution in [3.63, 3.8) is 0 Å². The van der Waals surface area contributed by atoms with Crippen molar-refractivity contribution in [3.05, 3.63) is 0 Å². The zero-order valence-corrected chi connectivity index (χ0v) is 12.5. The van der Waals surface area contributed by atoms with E-state index >= 15 is 0 Å². The molecular formula is C16H28N2O2. The first-order valence-corrected chi connectivity index (χ1v) is 8.57. The lowest BCUT2D eigenvalue weighted by Gasteiger charge is -2.44. The molecule has 0 aromatic heterocycles. The zero-order chi connectivity index (χ0) is 13.4. The van der Waals surface area contributed by atoms with Crippen LogP contribution in [0.25, 0.3) is 0 Å². The molecular weight excluding hydrogens is 252 g/mol. The van der Waals surface area contributed by atoms with E-state index < -0.39 is 0 Å². The van der Waals surface area contributed by atoms with Gasteiger partial charge in [0.15, 0.2) is 0 Å². The van der Waals surface area contributed by atoms with Crippen LogP contribution in [-0.2, 0) is 9.47 Å². The molecule has 4 saturated heterocycles. The van der Waals surface area contributed by atoms with E-state index in [9.17, 15) is 0 Å². The van der Waals surface area contributed by atoms with Gasteiger partial charge in [-0.3, -0.25) is 4.90 Å². The number of nitrogens with zero attached hydrogens (tertiary/aromatic N) is 1. The van der Waals surface area contributed by atoms with Crippen LogP contribution >= 0.6 is 0 Å². The van der Waals surface area contributed by atoms with E-state index in [1.807, 2.05) is 0 Å². The second-order valence-corrected chi connectivity index (χ2v) is 7.13. The fraction of sp³-hybridized carbons (Fsp3) is 1.00. The summed E-state index contributed by atoms with van der Waals surface area (Å²) in [6.45, 7) is 5.16. The Morgan fingerprint density at radius 1 is 1.10 bits per heavy atom. The molecule has 4 heterocycles. The molecule has 20 heavy (non-hydrogen) atoms. The average molecular weight is 280 g/mol. The normalized spacial score (nSPS) is 46.5. The van der Waals surface area contributed by atoms with Gasteiger partial charge in [0.25, 0.3) is 0 Å². The van der Waals surface area contributed by atoms with Crippen LogP contribution in [-0.4, -0.2) is 61.5 Å². The number of ether oxygens (including phenoxy) is 2. The Bertz CT molecular complexity index is 337. The van der Waals surface area contributed by atoms with Crippen LogP contribution in [0.2, 0.25) is 0 Å². The maximum absolute atomic E-state index is 6.11. The molecule has 4 aliphatic rings. The van der Waals surface area contributed by atoms with Crippen LogP contribution < -0.4 is 5.32 Å². The van der Waals surface area contributed by atoms with Crippen LogP contribution in [0, 0.1) is 0 Å². The Kier molecular flexibility index (Phi) is 3.75. The van der Waals surface area contributed by atoms with Gasteiger partial charge in [-0.1, -0.05) is 0 Å². The fourth-order valence-electron chi connectivity index (χ4n) is 4.89. The predicted octanol–water partition coefficient (Wildman–Crippen LogP) is 1.54. The van der Waals surface area contributed by atoms with Gasteiger partial charge in [-0.15, -0.1) is 0 Å². The van der Waals surface area contributed by atoms with Crippen molar-refractivity contribution in [3.8, 4) is 0 Å². The van der Waals surface area contributed by atoms with Crippen molar-refractivity contribution >= 4 is 0 Å². The predicted molar refractivity (Wildman–Crippen MR) is 77.9 cm³/mol. The summed E-state index contributed by atoms with van der Waals surface area (Å²) in [5, 5.41) is 3.73. The summed E-state index contributed by atoms with van der Waals surface area (Å²) in [5.41, 5.74) is 0.0547. The minimum atomic E-state index is 0.0547. The maximum Gasteiger partial charge on any atom is 0.0951 e. The second kappa shape index (κ2) is 5.56. The fourth-order valence-corrected chi connectivity index (χ4v) is 4.89. The molecule has 1 spiro atoms. The summed E-state index contributed by atoms with van der Waals surface area (Å²) < 4.78 is 11.7. The topological polar surface area (TPSA) is 33.7 Å². The van der Waals surface area contributed by atoms with Crippen LogP contribution in [0.1, 0.15) is 44.9 Å². The molecule has 1 N–H and O–H groups in total. The Hall–Kier alpha value is -0.160. The molecule has 4 atom stereocenters. The smallest absolute Gasteiger partial charge is 0.0951 e. The van der Waals surface area contributed by atoms with E-state index in [-0.39, 0.29) is 5.60 Å². The van der Waals surface area contributed by atoms with Gasteiger partial charge >= 0.3 is 0 Å². The van der Waals surface area contributed by atoms with Crippen LogP contribution in [0.15, 0.2) is 0 Å². The highest BCUT2D eigenvalue weighted by molar-refractivity contribution is 4.99. The van der Waals surface area contributed by atoms with Crippen molar-refractivity contribution in [1.29, 1.82) is 0 Å². The van der Waals surface area contributed by atoms with E-state index in [1.165, 1.54) is 51.6 Å². The van der Waals surface area contributed by atoms with Crippen LogP contribution in [0.4, 0.5) is 0 Å². The van der Waals surface area contributed by atoms with Gasteiger partial charge in [-0.25, -0.2) is 0 Å². The SMILES string of the molecule is C1CNC(C2CCCN2C2CCOC3(CCOC3)C2)C1. The summed E-state index contributed by atoms with van der Waals surface area (Å²) in [6.07, 6.45) is 9.01. The molecule has 4 nitrogen and oxygen atoms in total. The minimum Gasteiger partial charge on any atom is -0.378 e.